The number of rotatable bonds is 2. The SMILES string of the molecule is CC(C)(C)CNc1ccc2[nH]c(=O)[nH]c2c1. The van der Waals surface area contributed by atoms with Crippen molar-refractivity contribution in [2.24, 2.45) is 5.41 Å². The lowest BCUT2D eigenvalue weighted by atomic mass is 9.97. The van der Waals surface area contributed by atoms with Crippen molar-refractivity contribution in [3.05, 3.63) is 28.7 Å². The number of aromatic nitrogens is 2. The molecule has 1 aromatic carbocycles. The zero-order valence-electron chi connectivity index (χ0n) is 9.85. The Balaban J connectivity index is 2.22. The van der Waals surface area contributed by atoms with E-state index in [9.17, 15) is 4.79 Å². The highest BCUT2D eigenvalue weighted by Crippen LogP contribution is 2.18. The molecule has 0 radical (unpaired) electrons. The molecule has 4 nitrogen and oxygen atoms in total. The molecule has 4 heteroatoms. The molecule has 16 heavy (non-hydrogen) atoms. The van der Waals surface area contributed by atoms with E-state index in [4.69, 9.17) is 0 Å². The predicted octanol–water partition coefficient (Wildman–Crippen LogP) is 2.31. The summed E-state index contributed by atoms with van der Waals surface area (Å²) in [4.78, 5) is 16.5. The number of fused-ring (bicyclic) bond motifs is 1. The van der Waals surface area contributed by atoms with E-state index in [0.717, 1.165) is 23.3 Å². The number of imidazole rings is 1. The van der Waals surface area contributed by atoms with E-state index >= 15 is 0 Å². The smallest absolute Gasteiger partial charge is 0.323 e. The van der Waals surface area contributed by atoms with Gasteiger partial charge < -0.3 is 15.3 Å². The van der Waals surface area contributed by atoms with Crippen LogP contribution in [-0.2, 0) is 0 Å². The number of nitrogens with one attached hydrogen (secondary N) is 3. The molecule has 0 aliphatic carbocycles. The molecule has 1 aromatic heterocycles. The molecule has 0 spiro atoms. The Bertz CT molecular complexity index is 545. The Morgan fingerprint density at radius 1 is 1.19 bits per heavy atom. The number of anilines is 1. The average molecular weight is 219 g/mol. The van der Waals surface area contributed by atoms with Gasteiger partial charge in [-0.1, -0.05) is 20.8 Å². The third-order valence-corrected chi connectivity index (χ3v) is 2.34. The molecule has 3 N–H and O–H groups in total. The summed E-state index contributed by atoms with van der Waals surface area (Å²) in [6.45, 7) is 7.43. The molecular weight excluding hydrogens is 202 g/mol. The first-order valence-electron chi connectivity index (χ1n) is 5.40. The topological polar surface area (TPSA) is 60.7 Å². The fourth-order valence-electron chi connectivity index (χ4n) is 1.51. The minimum atomic E-state index is -0.164. The third kappa shape index (κ3) is 2.45. The van der Waals surface area contributed by atoms with Gasteiger partial charge in [-0.2, -0.15) is 0 Å². The van der Waals surface area contributed by atoms with Gasteiger partial charge in [0.15, 0.2) is 0 Å². The molecule has 86 valence electrons. The predicted molar refractivity (Wildman–Crippen MR) is 66.9 cm³/mol. The number of hydrogen-bond acceptors (Lipinski definition) is 2. The molecule has 0 unspecified atom stereocenters. The molecule has 1 heterocycles. The van der Waals surface area contributed by atoms with Crippen LogP contribution in [0.2, 0.25) is 0 Å². The minimum Gasteiger partial charge on any atom is -0.384 e. The molecule has 0 saturated carbocycles. The van der Waals surface area contributed by atoms with E-state index in [-0.39, 0.29) is 11.1 Å². The monoisotopic (exact) mass is 219 g/mol. The largest absolute Gasteiger partial charge is 0.384 e. The summed E-state index contributed by atoms with van der Waals surface area (Å²) in [6.07, 6.45) is 0. The van der Waals surface area contributed by atoms with Gasteiger partial charge in [-0.25, -0.2) is 4.79 Å². The summed E-state index contributed by atoms with van der Waals surface area (Å²) in [5.41, 5.74) is 2.77. The fourth-order valence-corrected chi connectivity index (χ4v) is 1.51. The van der Waals surface area contributed by atoms with E-state index < -0.39 is 0 Å². The van der Waals surface area contributed by atoms with Gasteiger partial charge in [0.2, 0.25) is 0 Å². The number of H-pyrrole nitrogens is 2. The van der Waals surface area contributed by atoms with E-state index in [1.807, 2.05) is 18.2 Å². The molecule has 0 atom stereocenters. The lowest BCUT2D eigenvalue weighted by Gasteiger charge is -2.19. The Hall–Kier alpha value is -1.71. The van der Waals surface area contributed by atoms with Gasteiger partial charge in [-0.3, -0.25) is 0 Å². The maximum Gasteiger partial charge on any atom is 0.323 e. The zero-order chi connectivity index (χ0) is 11.8. The normalized spacial score (nSPS) is 11.9. The molecular formula is C12H17N3O. The number of aromatic amines is 2. The highest BCUT2D eigenvalue weighted by atomic mass is 16.1. The van der Waals surface area contributed by atoms with Crippen LogP contribution in [-0.4, -0.2) is 16.5 Å². The van der Waals surface area contributed by atoms with Crippen molar-refractivity contribution in [2.75, 3.05) is 11.9 Å². The second kappa shape index (κ2) is 3.70. The maximum absolute atomic E-state index is 11.1. The van der Waals surface area contributed by atoms with Gasteiger partial charge >= 0.3 is 5.69 Å². The summed E-state index contributed by atoms with van der Waals surface area (Å²) in [5.74, 6) is 0. The Kier molecular flexibility index (Phi) is 2.50. The molecule has 0 amide bonds. The first kappa shape index (κ1) is 10.8. The number of hydrogen-bond donors (Lipinski definition) is 3. The Morgan fingerprint density at radius 3 is 2.56 bits per heavy atom. The molecule has 0 aliphatic rings. The van der Waals surface area contributed by atoms with Crippen molar-refractivity contribution in [3.8, 4) is 0 Å². The van der Waals surface area contributed by atoms with Crippen LogP contribution in [0.1, 0.15) is 20.8 Å². The fraction of sp³-hybridized carbons (Fsp3) is 0.417. The average Bonchev–Trinajstić information content (AvgIpc) is 2.52. The van der Waals surface area contributed by atoms with Crippen molar-refractivity contribution in [3.63, 3.8) is 0 Å². The third-order valence-electron chi connectivity index (χ3n) is 2.34. The second-order valence-corrected chi connectivity index (χ2v) is 5.25. The summed E-state index contributed by atoms with van der Waals surface area (Å²) < 4.78 is 0. The van der Waals surface area contributed by atoms with E-state index in [1.165, 1.54) is 0 Å². The standard InChI is InChI=1S/C12H17N3O/c1-12(2,3)7-13-8-4-5-9-10(6-8)15-11(16)14-9/h4-6,13H,7H2,1-3H3,(H2,14,15,16). The molecule has 2 rings (SSSR count). The molecule has 0 bridgehead atoms. The highest BCUT2D eigenvalue weighted by molar-refractivity contribution is 5.78. The van der Waals surface area contributed by atoms with Crippen LogP contribution in [0.15, 0.2) is 23.0 Å². The van der Waals surface area contributed by atoms with Gasteiger partial charge in [-0.05, 0) is 23.6 Å². The Labute approximate surface area is 94.1 Å². The lowest BCUT2D eigenvalue weighted by molar-refractivity contribution is 0.443. The van der Waals surface area contributed by atoms with Crippen molar-refractivity contribution in [1.29, 1.82) is 0 Å². The van der Waals surface area contributed by atoms with Crippen LogP contribution in [0.4, 0.5) is 5.69 Å². The number of benzene rings is 1. The van der Waals surface area contributed by atoms with Crippen molar-refractivity contribution in [2.45, 2.75) is 20.8 Å². The first-order valence-corrected chi connectivity index (χ1v) is 5.40. The molecule has 0 fully saturated rings. The van der Waals surface area contributed by atoms with Crippen LogP contribution in [0.3, 0.4) is 0 Å². The quantitative estimate of drug-likeness (QED) is 0.726. The van der Waals surface area contributed by atoms with Gasteiger partial charge in [0.25, 0.3) is 0 Å². The van der Waals surface area contributed by atoms with Crippen molar-refractivity contribution >= 4 is 16.7 Å². The van der Waals surface area contributed by atoms with E-state index in [2.05, 4.69) is 36.1 Å². The van der Waals surface area contributed by atoms with Gasteiger partial charge in [0.1, 0.15) is 0 Å². The zero-order valence-corrected chi connectivity index (χ0v) is 9.85. The highest BCUT2D eigenvalue weighted by Gasteiger charge is 2.09. The lowest BCUT2D eigenvalue weighted by Crippen LogP contribution is -2.18. The first-order chi connectivity index (χ1) is 7.44. The summed E-state index contributed by atoms with van der Waals surface area (Å²) in [7, 11) is 0. The summed E-state index contributed by atoms with van der Waals surface area (Å²) in [6, 6.07) is 5.81. The Morgan fingerprint density at radius 2 is 1.88 bits per heavy atom. The maximum atomic E-state index is 11.1. The van der Waals surface area contributed by atoms with Crippen LogP contribution in [0.5, 0.6) is 0 Å². The van der Waals surface area contributed by atoms with Gasteiger partial charge in [0, 0.05) is 12.2 Å². The molecule has 0 aliphatic heterocycles. The van der Waals surface area contributed by atoms with Crippen LogP contribution in [0.25, 0.3) is 11.0 Å². The summed E-state index contributed by atoms with van der Waals surface area (Å²) in [5, 5.41) is 3.35. The summed E-state index contributed by atoms with van der Waals surface area (Å²) >= 11 is 0. The van der Waals surface area contributed by atoms with Crippen LogP contribution < -0.4 is 11.0 Å². The molecule has 0 saturated heterocycles. The van der Waals surface area contributed by atoms with Gasteiger partial charge in [0.05, 0.1) is 11.0 Å². The van der Waals surface area contributed by atoms with E-state index in [0.29, 0.717) is 0 Å². The molecule has 2 aromatic rings. The van der Waals surface area contributed by atoms with E-state index in [1.54, 1.807) is 0 Å². The van der Waals surface area contributed by atoms with Crippen LogP contribution >= 0.6 is 0 Å². The van der Waals surface area contributed by atoms with Crippen LogP contribution in [0, 0.1) is 5.41 Å². The minimum absolute atomic E-state index is 0.164. The van der Waals surface area contributed by atoms with Crippen molar-refractivity contribution < 1.29 is 0 Å². The van der Waals surface area contributed by atoms with Gasteiger partial charge in [-0.15, -0.1) is 0 Å². The second-order valence-electron chi connectivity index (χ2n) is 5.25. The van der Waals surface area contributed by atoms with Crippen molar-refractivity contribution in [1.82, 2.24) is 9.97 Å².